The van der Waals surface area contributed by atoms with Crippen LogP contribution in [-0.2, 0) is 25.4 Å². The molecule has 0 spiro atoms. The number of fused-ring (bicyclic) bond motifs is 1. The number of carbonyl (C=O) groups is 2. The molecule has 0 aliphatic rings. The predicted octanol–water partition coefficient (Wildman–Crippen LogP) is 1.20. The number of amides is 2. The Bertz CT molecular complexity index is 1870. The van der Waals surface area contributed by atoms with Crippen LogP contribution in [0.3, 0.4) is 0 Å². The standard InChI is InChI=1S/C26H25N9O4S/c1-15-9-11-16(12-10-15)13-34-20-23(32(2)26(39)33(3)24(20)38)29-25(34)40-14-18(36)28-22-19(21(27)37)30-35(31-22)17-7-5-4-6-8-17/h4-12H,13-14H2,1-3H3,(H2,27,37)(H,28,31,36). The van der Waals surface area contributed by atoms with Crippen LogP contribution in [0.1, 0.15) is 21.6 Å². The van der Waals surface area contributed by atoms with E-state index in [-0.39, 0.29) is 28.4 Å². The molecule has 0 unspecified atom stereocenters. The number of hydrogen-bond acceptors (Lipinski definition) is 8. The predicted molar refractivity (Wildman–Crippen MR) is 150 cm³/mol. The number of hydrogen-bond donors (Lipinski definition) is 2. The molecule has 204 valence electrons. The fourth-order valence-corrected chi connectivity index (χ4v) is 4.89. The van der Waals surface area contributed by atoms with E-state index in [9.17, 15) is 19.2 Å². The number of nitrogens with one attached hydrogen (secondary N) is 1. The van der Waals surface area contributed by atoms with Crippen molar-refractivity contribution in [3.8, 4) is 5.69 Å². The molecule has 0 radical (unpaired) electrons. The Balaban J connectivity index is 1.45. The molecule has 3 heterocycles. The minimum absolute atomic E-state index is 0.0774. The molecule has 0 aliphatic carbocycles. The molecule has 40 heavy (non-hydrogen) atoms. The highest BCUT2D eigenvalue weighted by Crippen LogP contribution is 2.24. The first-order valence-corrected chi connectivity index (χ1v) is 13.1. The second kappa shape index (κ2) is 10.6. The van der Waals surface area contributed by atoms with Crippen molar-refractivity contribution in [2.75, 3.05) is 11.1 Å². The van der Waals surface area contributed by atoms with Gasteiger partial charge in [0.2, 0.25) is 5.91 Å². The molecule has 0 saturated heterocycles. The second-order valence-corrected chi connectivity index (χ2v) is 10.0. The number of rotatable bonds is 8. The van der Waals surface area contributed by atoms with E-state index in [4.69, 9.17) is 5.73 Å². The van der Waals surface area contributed by atoms with Gasteiger partial charge in [0.25, 0.3) is 11.5 Å². The quantitative estimate of drug-likeness (QED) is 0.268. The van der Waals surface area contributed by atoms with Crippen LogP contribution in [0.2, 0.25) is 0 Å². The van der Waals surface area contributed by atoms with Crippen LogP contribution in [0.15, 0.2) is 69.3 Å². The summed E-state index contributed by atoms with van der Waals surface area (Å²) in [6.07, 6.45) is 0. The third-order valence-electron chi connectivity index (χ3n) is 6.20. The SMILES string of the molecule is Cc1ccc(Cn2c(SCC(=O)Nc3nn(-c4ccccc4)nc3C(N)=O)nc3c2c(=O)n(C)c(=O)n3C)cc1. The summed E-state index contributed by atoms with van der Waals surface area (Å²) in [7, 11) is 2.95. The number of primary amides is 1. The van der Waals surface area contributed by atoms with Gasteiger partial charge in [-0.2, -0.15) is 0 Å². The van der Waals surface area contributed by atoms with Crippen molar-refractivity contribution in [2.24, 2.45) is 19.8 Å². The average Bonchev–Trinajstić information content (AvgIpc) is 3.53. The maximum absolute atomic E-state index is 13.1. The van der Waals surface area contributed by atoms with Crippen molar-refractivity contribution >= 4 is 40.6 Å². The number of benzene rings is 2. The molecule has 5 rings (SSSR count). The van der Waals surface area contributed by atoms with Crippen molar-refractivity contribution in [1.29, 1.82) is 0 Å². The summed E-state index contributed by atoms with van der Waals surface area (Å²) < 4.78 is 4.02. The number of anilines is 1. The lowest BCUT2D eigenvalue weighted by atomic mass is 10.1. The van der Waals surface area contributed by atoms with E-state index in [1.807, 2.05) is 37.3 Å². The highest BCUT2D eigenvalue weighted by molar-refractivity contribution is 7.99. The van der Waals surface area contributed by atoms with Gasteiger partial charge in [-0.15, -0.1) is 15.0 Å². The third kappa shape index (κ3) is 5.03. The second-order valence-electron chi connectivity index (χ2n) is 9.07. The zero-order valence-electron chi connectivity index (χ0n) is 21.9. The van der Waals surface area contributed by atoms with Gasteiger partial charge >= 0.3 is 5.69 Å². The number of imidazole rings is 1. The zero-order valence-corrected chi connectivity index (χ0v) is 22.7. The Labute approximate surface area is 231 Å². The molecule has 0 aliphatic heterocycles. The minimum atomic E-state index is -0.846. The highest BCUT2D eigenvalue weighted by Gasteiger charge is 2.22. The van der Waals surface area contributed by atoms with E-state index < -0.39 is 23.1 Å². The molecule has 0 atom stereocenters. The molecule has 14 heteroatoms. The fraction of sp³-hybridized carbons (Fsp3) is 0.192. The number of para-hydroxylation sites is 1. The Morgan fingerprint density at radius 1 is 0.975 bits per heavy atom. The normalized spacial score (nSPS) is 11.2. The monoisotopic (exact) mass is 559 g/mol. The highest BCUT2D eigenvalue weighted by atomic mass is 32.2. The average molecular weight is 560 g/mol. The lowest BCUT2D eigenvalue weighted by Crippen LogP contribution is -2.37. The van der Waals surface area contributed by atoms with E-state index in [0.717, 1.165) is 27.5 Å². The summed E-state index contributed by atoms with van der Waals surface area (Å²) in [6, 6.07) is 16.7. The summed E-state index contributed by atoms with van der Waals surface area (Å²) in [5.74, 6) is -1.56. The number of carbonyl (C=O) groups excluding carboxylic acids is 2. The zero-order chi connectivity index (χ0) is 28.6. The lowest BCUT2D eigenvalue weighted by Gasteiger charge is -2.10. The van der Waals surface area contributed by atoms with Crippen molar-refractivity contribution in [1.82, 2.24) is 33.7 Å². The van der Waals surface area contributed by atoms with Crippen LogP contribution in [0, 0.1) is 6.92 Å². The maximum atomic E-state index is 13.1. The number of thioether (sulfide) groups is 1. The molecule has 3 aromatic heterocycles. The summed E-state index contributed by atoms with van der Waals surface area (Å²) in [5.41, 5.74) is 7.32. The first-order valence-electron chi connectivity index (χ1n) is 12.1. The van der Waals surface area contributed by atoms with Crippen LogP contribution >= 0.6 is 11.8 Å². The van der Waals surface area contributed by atoms with E-state index >= 15 is 0 Å². The van der Waals surface area contributed by atoms with Crippen molar-refractivity contribution < 1.29 is 9.59 Å². The summed E-state index contributed by atoms with van der Waals surface area (Å²) in [4.78, 5) is 56.3. The fourth-order valence-electron chi connectivity index (χ4n) is 4.09. The first kappa shape index (κ1) is 26.6. The van der Waals surface area contributed by atoms with Crippen molar-refractivity contribution in [3.05, 3.63) is 92.3 Å². The summed E-state index contributed by atoms with van der Waals surface area (Å²) >= 11 is 1.07. The van der Waals surface area contributed by atoms with Gasteiger partial charge in [-0.3, -0.25) is 23.5 Å². The van der Waals surface area contributed by atoms with Crippen LogP contribution in [-0.4, -0.2) is 51.2 Å². The molecule has 2 aromatic carbocycles. The number of nitrogens with two attached hydrogens (primary N) is 1. The molecule has 2 amide bonds. The van der Waals surface area contributed by atoms with Gasteiger partial charge in [-0.05, 0) is 24.6 Å². The Hall–Kier alpha value is -4.98. The Morgan fingerprint density at radius 3 is 2.35 bits per heavy atom. The van der Waals surface area contributed by atoms with Crippen molar-refractivity contribution in [3.63, 3.8) is 0 Å². The van der Waals surface area contributed by atoms with Gasteiger partial charge in [0.1, 0.15) is 0 Å². The Morgan fingerprint density at radius 2 is 1.68 bits per heavy atom. The maximum Gasteiger partial charge on any atom is 0.332 e. The topological polar surface area (TPSA) is 165 Å². The van der Waals surface area contributed by atoms with E-state index in [1.165, 1.54) is 23.5 Å². The van der Waals surface area contributed by atoms with Gasteiger partial charge < -0.3 is 15.6 Å². The Kier molecular flexibility index (Phi) is 7.09. The van der Waals surface area contributed by atoms with Gasteiger partial charge in [-0.1, -0.05) is 59.8 Å². The number of aryl methyl sites for hydroxylation is 2. The van der Waals surface area contributed by atoms with Gasteiger partial charge in [0, 0.05) is 14.1 Å². The molecular weight excluding hydrogens is 534 g/mol. The largest absolute Gasteiger partial charge is 0.364 e. The van der Waals surface area contributed by atoms with Crippen molar-refractivity contribution in [2.45, 2.75) is 18.6 Å². The molecular formula is C26H25N9O4S. The summed E-state index contributed by atoms with van der Waals surface area (Å²) in [5, 5.41) is 11.3. The third-order valence-corrected chi connectivity index (χ3v) is 7.18. The van der Waals surface area contributed by atoms with Crippen LogP contribution in [0.5, 0.6) is 0 Å². The van der Waals surface area contributed by atoms with Gasteiger partial charge in [0.15, 0.2) is 27.8 Å². The molecule has 0 bridgehead atoms. The van der Waals surface area contributed by atoms with Crippen LogP contribution in [0.25, 0.3) is 16.9 Å². The molecule has 3 N–H and O–H groups in total. The number of aromatic nitrogens is 7. The van der Waals surface area contributed by atoms with Gasteiger partial charge in [0.05, 0.1) is 18.0 Å². The van der Waals surface area contributed by atoms with E-state index in [1.54, 1.807) is 28.8 Å². The van der Waals surface area contributed by atoms with E-state index in [2.05, 4.69) is 20.5 Å². The molecule has 13 nitrogen and oxygen atoms in total. The van der Waals surface area contributed by atoms with Gasteiger partial charge in [-0.25, -0.2) is 9.78 Å². The molecule has 0 fully saturated rings. The minimum Gasteiger partial charge on any atom is -0.364 e. The smallest absolute Gasteiger partial charge is 0.332 e. The van der Waals surface area contributed by atoms with Crippen LogP contribution < -0.4 is 22.3 Å². The number of nitrogens with zero attached hydrogens (tertiary/aromatic N) is 7. The first-order chi connectivity index (χ1) is 19.1. The van der Waals surface area contributed by atoms with Crippen LogP contribution in [0.4, 0.5) is 5.82 Å². The molecule has 0 saturated carbocycles. The lowest BCUT2D eigenvalue weighted by molar-refractivity contribution is -0.113. The van der Waals surface area contributed by atoms with E-state index in [0.29, 0.717) is 17.4 Å². The molecule has 5 aromatic rings. The summed E-state index contributed by atoms with van der Waals surface area (Å²) in [6.45, 7) is 2.27.